The normalized spacial score (nSPS) is 12.8. The predicted octanol–water partition coefficient (Wildman–Crippen LogP) is 3.95. The van der Waals surface area contributed by atoms with E-state index in [0.29, 0.717) is 11.4 Å². The van der Waals surface area contributed by atoms with E-state index in [0.717, 1.165) is 6.42 Å². The van der Waals surface area contributed by atoms with Crippen molar-refractivity contribution in [3.8, 4) is 0 Å². The number of nitrogens with one attached hydrogen (secondary N) is 2. The number of benzene rings is 2. The van der Waals surface area contributed by atoms with Crippen molar-refractivity contribution < 1.29 is 14.9 Å². The van der Waals surface area contributed by atoms with Gasteiger partial charge in [0.15, 0.2) is 6.04 Å². The van der Waals surface area contributed by atoms with Gasteiger partial charge >= 0.3 is 0 Å². The Bertz CT molecular complexity index is 967. The summed E-state index contributed by atoms with van der Waals surface area (Å²) in [4.78, 5) is 25.2. The zero-order valence-corrected chi connectivity index (χ0v) is 18.3. The first-order valence-electron chi connectivity index (χ1n) is 10.1. The van der Waals surface area contributed by atoms with Gasteiger partial charge in [0.1, 0.15) is 6.04 Å². The second-order valence-electron chi connectivity index (χ2n) is 7.32. The van der Waals surface area contributed by atoms with Crippen LogP contribution >= 0.6 is 11.3 Å². The van der Waals surface area contributed by atoms with E-state index in [2.05, 4.69) is 58.6 Å². The highest BCUT2D eigenvalue weighted by Gasteiger charge is 2.25. The Morgan fingerprint density at radius 2 is 1.60 bits per heavy atom. The second kappa shape index (κ2) is 10.2. The molecule has 1 heterocycles. The van der Waals surface area contributed by atoms with Crippen molar-refractivity contribution in [3.05, 3.63) is 82.0 Å². The molecule has 30 heavy (non-hydrogen) atoms. The van der Waals surface area contributed by atoms with Crippen LogP contribution in [0.2, 0.25) is 0 Å². The van der Waals surface area contributed by atoms with E-state index in [4.69, 9.17) is 0 Å². The minimum Gasteiger partial charge on any atom is -0.326 e. The summed E-state index contributed by atoms with van der Waals surface area (Å²) in [5.41, 5.74) is 3.90. The molecule has 0 unspecified atom stereocenters. The largest absolute Gasteiger partial charge is 0.326 e. The molecule has 2 atom stereocenters. The highest BCUT2D eigenvalue weighted by atomic mass is 32.1. The summed E-state index contributed by atoms with van der Waals surface area (Å²) in [6.45, 7) is 5.53. The molecule has 1 aromatic heterocycles. The maximum absolute atomic E-state index is 12.8. The number of hydrogen-bond donors (Lipinski definition) is 3. The Labute approximate surface area is 181 Å². The lowest BCUT2D eigenvalue weighted by Crippen LogP contribution is -2.92. The molecule has 4 N–H and O–H groups in total. The highest BCUT2D eigenvalue weighted by Crippen LogP contribution is 2.23. The Morgan fingerprint density at radius 1 is 0.967 bits per heavy atom. The van der Waals surface area contributed by atoms with E-state index in [9.17, 15) is 9.59 Å². The molecular formula is C24H28N3O2S+. The summed E-state index contributed by atoms with van der Waals surface area (Å²) < 4.78 is 0. The topological polar surface area (TPSA) is 74.8 Å². The van der Waals surface area contributed by atoms with Gasteiger partial charge in [0.2, 0.25) is 5.91 Å². The monoisotopic (exact) mass is 422 g/mol. The Kier molecular flexibility index (Phi) is 7.38. The minimum atomic E-state index is -0.280. The van der Waals surface area contributed by atoms with E-state index in [1.54, 1.807) is 35.6 Å². The van der Waals surface area contributed by atoms with Crippen LogP contribution in [0.3, 0.4) is 0 Å². The number of hydrogen-bond acceptors (Lipinski definition) is 3. The number of thiophene rings is 1. The molecule has 2 aromatic carbocycles. The smallest absolute Gasteiger partial charge is 0.282 e. The summed E-state index contributed by atoms with van der Waals surface area (Å²) >= 11 is 1.70. The van der Waals surface area contributed by atoms with Crippen molar-refractivity contribution in [1.29, 1.82) is 0 Å². The first-order chi connectivity index (χ1) is 14.5. The van der Waals surface area contributed by atoms with Gasteiger partial charge in [-0.25, -0.2) is 0 Å². The molecule has 0 bridgehead atoms. The van der Waals surface area contributed by atoms with Gasteiger partial charge in [-0.15, -0.1) is 11.3 Å². The van der Waals surface area contributed by atoms with Crippen LogP contribution in [0.5, 0.6) is 0 Å². The number of amides is 2. The summed E-state index contributed by atoms with van der Waals surface area (Å²) in [6, 6.07) is 19.7. The lowest BCUT2D eigenvalue weighted by molar-refractivity contribution is -0.703. The maximum Gasteiger partial charge on any atom is 0.282 e. The third-order valence-corrected chi connectivity index (χ3v) is 5.92. The maximum atomic E-state index is 12.8. The molecule has 0 spiro atoms. The molecule has 3 aromatic rings. The Balaban J connectivity index is 1.69. The van der Waals surface area contributed by atoms with Gasteiger partial charge in [-0.2, -0.15) is 0 Å². The molecule has 0 radical (unpaired) electrons. The lowest BCUT2D eigenvalue weighted by Gasteiger charge is -2.20. The molecule has 3 rings (SSSR count). The highest BCUT2D eigenvalue weighted by molar-refractivity contribution is 7.10. The van der Waals surface area contributed by atoms with Crippen LogP contribution in [0.15, 0.2) is 66.0 Å². The van der Waals surface area contributed by atoms with Gasteiger partial charge in [-0.05, 0) is 54.6 Å². The zero-order valence-electron chi connectivity index (χ0n) is 17.5. The first kappa shape index (κ1) is 21.7. The molecule has 0 aliphatic heterocycles. The van der Waals surface area contributed by atoms with Crippen LogP contribution in [-0.4, -0.2) is 17.9 Å². The van der Waals surface area contributed by atoms with Crippen molar-refractivity contribution in [2.45, 2.75) is 39.3 Å². The molecule has 5 nitrogen and oxygen atoms in total. The molecule has 6 heteroatoms. The van der Waals surface area contributed by atoms with E-state index >= 15 is 0 Å². The van der Waals surface area contributed by atoms with Crippen LogP contribution in [0, 0.1) is 0 Å². The number of carbonyl (C=O) groups is 2. The standard InChI is InChI=1S/C24H27N3O2S/c1-4-18-7-9-19(10-8-18)23(22-6-5-15-30-22)25-16(2)24(29)27-21-13-11-20(12-14-21)26-17(3)28/h5-16,23,25H,4H2,1-3H3,(H,26,28)(H,27,29)/p+1/t16-,23+/m0/s1. The fourth-order valence-corrected chi connectivity index (χ4v) is 4.10. The number of quaternary nitrogens is 1. The fraction of sp³-hybridized carbons (Fsp3) is 0.250. The van der Waals surface area contributed by atoms with E-state index < -0.39 is 0 Å². The molecule has 0 saturated carbocycles. The molecule has 0 aliphatic rings. The minimum absolute atomic E-state index is 0.0611. The molecular weight excluding hydrogens is 394 g/mol. The number of aryl methyl sites for hydroxylation is 1. The van der Waals surface area contributed by atoms with E-state index in [1.165, 1.54) is 22.9 Å². The van der Waals surface area contributed by atoms with E-state index in [1.807, 2.05) is 13.0 Å². The summed E-state index contributed by atoms with van der Waals surface area (Å²) in [5, 5.41) is 9.85. The zero-order chi connectivity index (χ0) is 21.5. The fourth-order valence-electron chi connectivity index (χ4n) is 3.27. The van der Waals surface area contributed by atoms with Gasteiger partial charge in [-0.1, -0.05) is 37.3 Å². The Hall–Kier alpha value is -2.96. The summed E-state index contributed by atoms with van der Waals surface area (Å²) in [7, 11) is 0. The average molecular weight is 423 g/mol. The van der Waals surface area contributed by atoms with Crippen LogP contribution in [0.1, 0.15) is 42.8 Å². The van der Waals surface area contributed by atoms with Gasteiger partial charge in [-0.3, -0.25) is 9.59 Å². The summed E-state index contributed by atoms with van der Waals surface area (Å²) in [5.74, 6) is -0.185. The van der Waals surface area contributed by atoms with Crippen molar-refractivity contribution in [1.82, 2.24) is 0 Å². The third kappa shape index (κ3) is 5.78. The van der Waals surface area contributed by atoms with Gasteiger partial charge in [0.25, 0.3) is 5.91 Å². The molecule has 156 valence electrons. The second-order valence-corrected chi connectivity index (χ2v) is 8.30. The Morgan fingerprint density at radius 3 is 2.13 bits per heavy atom. The predicted molar refractivity (Wildman–Crippen MR) is 123 cm³/mol. The average Bonchev–Trinajstić information content (AvgIpc) is 3.27. The first-order valence-corrected chi connectivity index (χ1v) is 11.0. The molecule has 0 fully saturated rings. The molecule has 0 aliphatic carbocycles. The van der Waals surface area contributed by atoms with Crippen LogP contribution in [0.25, 0.3) is 0 Å². The van der Waals surface area contributed by atoms with E-state index in [-0.39, 0.29) is 23.9 Å². The SMILES string of the molecule is CCc1ccc([C@@H]([NH2+][C@@H](C)C(=O)Nc2ccc(NC(C)=O)cc2)c2cccs2)cc1. The van der Waals surface area contributed by atoms with Crippen molar-refractivity contribution >= 4 is 34.5 Å². The summed E-state index contributed by atoms with van der Waals surface area (Å²) in [6.07, 6.45) is 1.01. The van der Waals surface area contributed by atoms with Crippen molar-refractivity contribution in [3.63, 3.8) is 0 Å². The van der Waals surface area contributed by atoms with Gasteiger partial charge in [0.05, 0.1) is 4.88 Å². The third-order valence-electron chi connectivity index (χ3n) is 4.96. The van der Waals surface area contributed by atoms with Crippen molar-refractivity contribution in [2.24, 2.45) is 0 Å². The van der Waals surface area contributed by atoms with Gasteiger partial charge < -0.3 is 16.0 Å². The number of anilines is 2. The number of rotatable bonds is 8. The van der Waals surface area contributed by atoms with Crippen molar-refractivity contribution in [2.75, 3.05) is 10.6 Å². The quantitative estimate of drug-likeness (QED) is 0.514. The van der Waals surface area contributed by atoms with Crippen LogP contribution in [0.4, 0.5) is 11.4 Å². The van der Waals surface area contributed by atoms with Gasteiger partial charge in [0, 0.05) is 23.9 Å². The molecule has 2 amide bonds. The number of nitrogens with two attached hydrogens (primary N) is 1. The van der Waals surface area contributed by atoms with Crippen LogP contribution in [-0.2, 0) is 16.0 Å². The lowest BCUT2D eigenvalue weighted by atomic mass is 10.0. The molecule has 0 saturated heterocycles. The number of carbonyl (C=O) groups excluding carboxylic acids is 2. The van der Waals surface area contributed by atoms with Crippen LogP contribution < -0.4 is 16.0 Å².